The Labute approximate surface area is 124 Å². The Bertz CT molecular complexity index is 446. The molecule has 0 saturated carbocycles. The molecule has 0 radical (unpaired) electrons. The Morgan fingerprint density at radius 3 is 2.55 bits per heavy atom. The lowest BCUT2D eigenvalue weighted by molar-refractivity contribution is -0.123. The number of carbonyl (C=O) groups is 1. The molecule has 0 aliphatic heterocycles. The topological polar surface area (TPSA) is 73.6 Å². The van der Waals surface area contributed by atoms with Crippen LogP contribution in [0.1, 0.15) is 19.4 Å². The molecule has 0 aliphatic rings. The van der Waals surface area contributed by atoms with Gasteiger partial charge in [-0.15, -0.1) is 0 Å². The highest BCUT2D eigenvalue weighted by molar-refractivity contribution is 7.80. The van der Waals surface area contributed by atoms with Gasteiger partial charge in [-0.3, -0.25) is 4.79 Å². The Balaban J connectivity index is 2.25. The van der Waals surface area contributed by atoms with Crippen molar-refractivity contribution >= 4 is 23.1 Å². The lowest BCUT2D eigenvalue weighted by Crippen LogP contribution is -2.32. The number of nitrogens with one attached hydrogen (secondary N) is 1. The van der Waals surface area contributed by atoms with Crippen LogP contribution in [0.3, 0.4) is 0 Å². The highest BCUT2D eigenvalue weighted by Gasteiger charge is 2.03. The van der Waals surface area contributed by atoms with E-state index >= 15 is 0 Å². The number of benzene rings is 1. The van der Waals surface area contributed by atoms with Gasteiger partial charge in [0.1, 0.15) is 10.7 Å². The molecule has 0 unspecified atom stereocenters. The molecule has 0 bridgehead atoms. The summed E-state index contributed by atoms with van der Waals surface area (Å²) in [6.45, 7) is 4.82. The average Bonchev–Trinajstić information content (AvgIpc) is 2.41. The van der Waals surface area contributed by atoms with Gasteiger partial charge in [0.15, 0.2) is 6.61 Å². The molecular weight excluding hydrogens is 276 g/mol. The van der Waals surface area contributed by atoms with Crippen molar-refractivity contribution in [1.82, 2.24) is 5.32 Å². The molecule has 1 rings (SSSR count). The highest BCUT2D eigenvalue weighted by atomic mass is 32.1. The van der Waals surface area contributed by atoms with Crippen LogP contribution in [0, 0.1) is 0 Å². The summed E-state index contributed by atoms with van der Waals surface area (Å²) in [5, 5.41) is 2.71. The number of ether oxygens (including phenoxy) is 2. The van der Waals surface area contributed by atoms with E-state index in [2.05, 4.69) is 5.32 Å². The maximum absolute atomic E-state index is 11.5. The van der Waals surface area contributed by atoms with E-state index in [4.69, 9.17) is 27.4 Å². The Hall–Kier alpha value is -1.66. The summed E-state index contributed by atoms with van der Waals surface area (Å²) in [7, 11) is 0. The van der Waals surface area contributed by atoms with Crippen LogP contribution in [0.15, 0.2) is 24.3 Å². The predicted molar refractivity (Wildman–Crippen MR) is 81.9 cm³/mol. The third-order valence-corrected chi connectivity index (χ3v) is 2.62. The lowest BCUT2D eigenvalue weighted by Gasteiger charge is -2.09. The Morgan fingerprint density at radius 1 is 1.35 bits per heavy atom. The zero-order valence-electron chi connectivity index (χ0n) is 11.7. The van der Waals surface area contributed by atoms with Crippen LogP contribution in [0.4, 0.5) is 0 Å². The van der Waals surface area contributed by atoms with Gasteiger partial charge in [-0.2, -0.15) is 0 Å². The first-order valence-corrected chi connectivity index (χ1v) is 6.81. The van der Waals surface area contributed by atoms with Crippen molar-refractivity contribution in [1.29, 1.82) is 0 Å². The standard InChI is InChI=1S/C14H20N2O3S/c1-10(2)18-8-7-16-13(17)9-19-12-5-3-11(4-6-12)14(15)20/h3-6,10H,7-9H2,1-2H3,(H2,15,20)(H,16,17). The van der Waals surface area contributed by atoms with Crippen molar-refractivity contribution in [3.63, 3.8) is 0 Å². The van der Waals surface area contributed by atoms with Crippen molar-refractivity contribution in [2.24, 2.45) is 5.73 Å². The monoisotopic (exact) mass is 296 g/mol. The summed E-state index contributed by atoms with van der Waals surface area (Å²) in [5.41, 5.74) is 6.26. The van der Waals surface area contributed by atoms with Crippen molar-refractivity contribution in [3.8, 4) is 5.75 Å². The summed E-state index contributed by atoms with van der Waals surface area (Å²) in [4.78, 5) is 11.8. The maximum atomic E-state index is 11.5. The lowest BCUT2D eigenvalue weighted by atomic mass is 10.2. The quantitative estimate of drug-likeness (QED) is 0.558. The van der Waals surface area contributed by atoms with Crippen LogP contribution in [0.2, 0.25) is 0 Å². The molecular formula is C14H20N2O3S. The first-order chi connectivity index (χ1) is 9.49. The molecule has 0 spiro atoms. The molecule has 0 fully saturated rings. The van der Waals surface area contributed by atoms with E-state index in [0.29, 0.717) is 23.9 Å². The minimum atomic E-state index is -0.184. The minimum absolute atomic E-state index is 0.0336. The number of thiocarbonyl (C=S) groups is 1. The maximum Gasteiger partial charge on any atom is 0.258 e. The van der Waals surface area contributed by atoms with Crippen LogP contribution in [0.5, 0.6) is 5.75 Å². The van der Waals surface area contributed by atoms with Gasteiger partial charge in [0.05, 0.1) is 12.7 Å². The molecule has 0 saturated heterocycles. The Kier molecular flexibility index (Phi) is 6.97. The zero-order chi connectivity index (χ0) is 15.0. The third kappa shape index (κ3) is 6.49. The first kappa shape index (κ1) is 16.4. The van der Waals surface area contributed by atoms with Gasteiger partial charge in [-0.25, -0.2) is 0 Å². The normalized spacial score (nSPS) is 10.3. The average molecular weight is 296 g/mol. The number of nitrogens with two attached hydrogens (primary N) is 1. The van der Waals surface area contributed by atoms with Crippen LogP contribution in [0.25, 0.3) is 0 Å². The number of hydrogen-bond donors (Lipinski definition) is 2. The molecule has 0 aliphatic carbocycles. The molecule has 110 valence electrons. The van der Waals surface area contributed by atoms with Crippen molar-refractivity contribution in [3.05, 3.63) is 29.8 Å². The molecule has 0 atom stereocenters. The summed E-state index contributed by atoms with van der Waals surface area (Å²) >= 11 is 4.85. The van der Waals surface area contributed by atoms with Gasteiger partial charge < -0.3 is 20.5 Å². The fourth-order valence-corrected chi connectivity index (χ4v) is 1.54. The van der Waals surface area contributed by atoms with Crippen LogP contribution in [-0.2, 0) is 9.53 Å². The second kappa shape index (κ2) is 8.50. The Morgan fingerprint density at radius 2 is 2.00 bits per heavy atom. The summed E-state index contributed by atoms with van der Waals surface area (Å²) in [6.07, 6.45) is 0.162. The summed E-state index contributed by atoms with van der Waals surface area (Å²) < 4.78 is 10.7. The molecule has 0 aromatic heterocycles. The molecule has 6 heteroatoms. The van der Waals surface area contributed by atoms with Crippen molar-refractivity contribution in [2.45, 2.75) is 20.0 Å². The van der Waals surface area contributed by atoms with Gasteiger partial charge in [0.2, 0.25) is 0 Å². The largest absolute Gasteiger partial charge is 0.484 e. The minimum Gasteiger partial charge on any atom is -0.484 e. The molecule has 0 heterocycles. The van der Waals surface area contributed by atoms with Crippen molar-refractivity contribution in [2.75, 3.05) is 19.8 Å². The van der Waals surface area contributed by atoms with E-state index in [0.717, 1.165) is 5.56 Å². The summed E-state index contributed by atoms with van der Waals surface area (Å²) in [6, 6.07) is 6.96. The van der Waals surface area contributed by atoms with Gasteiger partial charge in [-0.05, 0) is 38.1 Å². The first-order valence-electron chi connectivity index (χ1n) is 6.40. The smallest absolute Gasteiger partial charge is 0.258 e. The van der Waals surface area contributed by atoms with Crippen molar-refractivity contribution < 1.29 is 14.3 Å². The van der Waals surface area contributed by atoms with Gasteiger partial charge in [0, 0.05) is 12.1 Å². The van der Waals surface area contributed by atoms with E-state index in [-0.39, 0.29) is 18.6 Å². The molecule has 5 nitrogen and oxygen atoms in total. The van der Waals surface area contributed by atoms with E-state index in [1.807, 2.05) is 13.8 Å². The summed E-state index contributed by atoms with van der Waals surface area (Å²) in [5.74, 6) is 0.411. The molecule has 1 aromatic carbocycles. The SMILES string of the molecule is CC(C)OCCNC(=O)COc1ccc(C(N)=S)cc1. The number of rotatable bonds is 8. The van der Waals surface area contributed by atoms with Crippen LogP contribution < -0.4 is 15.8 Å². The molecule has 1 amide bonds. The number of carbonyl (C=O) groups excluding carboxylic acids is 1. The molecule has 3 N–H and O–H groups in total. The fourth-order valence-electron chi connectivity index (χ4n) is 1.40. The van der Waals surface area contributed by atoms with E-state index in [9.17, 15) is 4.79 Å². The molecule has 20 heavy (non-hydrogen) atoms. The van der Waals surface area contributed by atoms with E-state index in [1.54, 1.807) is 24.3 Å². The zero-order valence-corrected chi connectivity index (χ0v) is 12.5. The second-order valence-corrected chi connectivity index (χ2v) is 4.89. The number of hydrogen-bond acceptors (Lipinski definition) is 4. The van der Waals surface area contributed by atoms with Gasteiger partial charge >= 0.3 is 0 Å². The van der Waals surface area contributed by atoms with Gasteiger partial charge in [-0.1, -0.05) is 12.2 Å². The van der Waals surface area contributed by atoms with Crippen LogP contribution >= 0.6 is 12.2 Å². The van der Waals surface area contributed by atoms with E-state index in [1.165, 1.54) is 0 Å². The second-order valence-electron chi connectivity index (χ2n) is 4.45. The van der Waals surface area contributed by atoms with Gasteiger partial charge in [0.25, 0.3) is 5.91 Å². The fraction of sp³-hybridized carbons (Fsp3) is 0.429. The highest BCUT2D eigenvalue weighted by Crippen LogP contribution is 2.11. The third-order valence-electron chi connectivity index (χ3n) is 2.38. The predicted octanol–water partition coefficient (Wildman–Crippen LogP) is 1.24. The number of amides is 1. The van der Waals surface area contributed by atoms with Crippen LogP contribution in [-0.4, -0.2) is 36.8 Å². The van der Waals surface area contributed by atoms with E-state index < -0.39 is 0 Å². The molecule has 1 aromatic rings.